The minimum Gasteiger partial charge on any atom is -0.493 e. The number of nitrogens with one attached hydrogen (secondary N) is 3. The molecule has 2 aliphatic carbocycles. The highest BCUT2D eigenvalue weighted by atomic mass is 32.1. The maximum atomic E-state index is 12.4. The Morgan fingerprint density at radius 1 is 1.28 bits per heavy atom. The molecule has 4 aromatic rings. The summed E-state index contributed by atoms with van der Waals surface area (Å²) in [6.45, 7) is 0. The van der Waals surface area contributed by atoms with Gasteiger partial charge >= 0.3 is 5.69 Å². The Bertz CT molecular complexity index is 1540. The topological polar surface area (TPSA) is 141 Å². The molecular weight excluding hydrogens is 430 g/mol. The van der Waals surface area contributed by atoms with E-state index in [0.717, 1.165) is 30.6 Å². The second-order valence-corrected chi connectivity index (χ2v) is 9.18. The van der Waals surface area contributed by atoms with E-state index in [0.29, 0.717) is 33.0 Å². The first-order valence-electron chi connectivity index (χ1n) is 10.4. The van der Waals surface area contributed by atoms with E-state index in [1.165, 1.54) is 11.3 Å². The fourth-order valence-corrected chi connectivity index (χ4v) is 4.27. The minimum atomic E-state index is -0.501. The lowest BCUT2D eigenvalue weighted by Crippen LogP contribution is -2.24. The summed E-state index contributed by atoms with van der Waals surface area (Å²) in [7, 11) is 0. The molecule has 0 aromatic carbocycles. The first-order valence-corrected chi connectivity index (χ1v) is 11.2. The number of thiophene rings is 1. The molecule has 0 bridgehead atoms. The number of amides is 1. The lowest BCUT2D eigenvalue weighted by Gasteiger charge is -2.01. The minimum absolute atomic E-state index is 0.0574. The van der Waals surface area contributed by atoms with E-state index >= 15 is 0 Å². The lowest BCUT2D eigenvalue weighted by molar-refractivity contribution is 0.0955. The zero-order valence-corrected chi connectivity index (χ0v) is 17.6. The van der Waals surface area contributed by atoms with E-state index in [1.54, 1.807) is 16.8 Å². The van der Waals surface area contributed by atoms with Gasteiger partial charge in [-0.05, 0) is 43.9 Å². The van der Waals surface area contributed by atoms with Crippen molar-refractivity contribution >= 4 is 29.0 Å². The molecule has 0 saturated heterocycles. The Labute approximate surface area is 184 Å². The van der Waals surface area contributed by atoms with Crippen molar-refractivity contribution in [1.82, 2.24) is 29.9 Å². The second kappa shape index (κ2) is 7.16. The number of rotatable bonds is 5. The molecule has 2 aliphatic rings. The third-order valence-corrected chi connectivity index (χ3v) is 6.48. The normalized spacial score (nSPS) is 17.4. The maximum Gasteiger partial charge on any atom is 0.326 e. The molecule has 32 heavy (non-hydrogen) atoms. The average Bonchev–Trinajstić information content (AvgIpc) is 3.63. The summed E-state index contributed by atoms with van der Waals surface area (Å²) in [4.78, 5) is 39.8. The van der Waals surface area contributed by atoms with E-state index in [4.69, 9.17) is 9.98 Å². The van der Waals surface area contributed by atoms with Crippen LogP contribution in [-0.2, 0) is 0 Å². The standard InChI is InChI=1S/C21H19N7O3S/c29-19-14(26-21(31)27-19)7-10-9-22-28-17(23-11-1-2-11)8-13(25-18(10)28)15-5-6-16(32-15)20(30)24-12-3-4-12/h5-9,11-12,29H,1-4H2,(H,24,30)(H2,26,27,31). The van der Waals surface area contributed by atoms with Gasteiger partial charge in [0, 0.05) is 17.3 Å². The van der Waals surface area contributed by atoms with E-state index in [1.807, 2.05) is 18.2 Å². The van der Waals surface area contributed by atoms with Crippen molar-refractivity contribution in [2.45, 2.75) is 37.8 Å². The lowest BCUT2D eigenvalue weighted by atomic mass is 10.3. The molecule has 4 heterocycles. The van der Waals surface area contributed by atoms with Crippen LogP contribution in [0.3, 0.4) is 0 Å². The average molecular weight is 449 g/mol. The summed E-state index contributed by atoms with van der Waals surface area (Å²) in [5.74, 6) is -0.309. The summed E-state index contributed by atoms with van der Waals surface area (Å²) in [6.07, 6.45) is 7.39. The van der Waals surface area contributed by atoms with E-state index in [-0.39, 0.29) is 23.5 Å². The van der Waals surface area contributed by atoms with Crippen molar-refractivity contribution in [3.8, 4) is 16.5 Å². The van der Waals surface area contributed by atoms with Crippen LogP contribution in [0.15, 0.2) is 34.2 Å². The Morgan fingerprint density at radius 2 is 2.12 bits per heavy atom. The Balaban J connectivity index is 1.48. The van der Waals surface area contributed by atoms with Crippen molar-refractivity contribution in [2.24, 2.45) is 4.99 Å². The smallest absolute Gasteiger partial charge is 0.326 e. The third-order valence-electron chi connectivity index (χ3n) is 5.37. The van der Waals surface area contributed by atoms with Crippen molar-refractivity contribution in [1.29, 1.82) is 0 Å². The molecule has 0 unspecified atom stereocenters. The van der Waals surface area contributed by atoms with Crippen molar-refractivity contribution in [3.63, 3.8) is 0 Å². The molecule has 11 heteroatoms. The first-order chi connectivity index (χ1) is 15.5. The summed E-state index contributed by atoms with van der Waals surface area (Å²) < 4.78 is 1.66. The molecule has 162 valence electrons. The monoisotopic (exact) mass is 449 g/mol. The van der Waals surface area contributed by atoms with Gasteiger partial charge in [-0.15, -0.1) is 11.3 Å². The molecule has 10 nitrogen and oxygen atoms in total. The number of carbonyl (C=O) groups excluding carboxylic acids is 1. The number of fused-ring (bicyclic) bond motifs is 1. The Hall–Kier alpha value is -3.73. The van der Waals surface area contributed by atoms with Crippen LogP contribution in [-0.4, -0.2) is 47.7 Å². The van der Waals surface area contributed by atoms with Gasteiger partial charge in [-0.3, -0.25) is 14.8 Å². The predicted octanol–water partition coefficient (Wildman–Crippen LogP) is 0.683. The van der Waals surface area contributed by atoms with Crippen LogP contribution in [0, 0.1) is 0 Å². The second-order valence-electron chi connectivity index (χ2n) is 8.09. The van der Waals surface area contributed by atoms with Gasteiger partial charge in [0.15, 0.2) is 11.1 Å². The summed E-state index contributed by atoms with van der Waals surface area (Å²) in [6, 6.07) is 6.16. The molecule has 0 atom stereocenters. The van der Waals surface area contributed by atoms with E-state index in [2.05, 4.69) is 20.4 Å². The highest BCUT2D eigenvalue weighted by Gasteiger charge is 2.25. The van der Waals surface area contributed by atoms with Crippen molar-refractivity contribution < 1.29 is 9.90 Å². The number of carbonyl (C=O) groups is 1. The number of nitrogens with zero attached hydrogens (tertiary/aromatic N) is 4. The highest BCUT2D eigenvalue weighted by molar-refractivity contribution is 7.17. The fraction of sp³-hybridized carbons (Fsp3) is 0.286. The van der Waals surface area contributed by atoms with E-state index < -0.39 is 5.69 Å². The van der Waals surface area contributed by atoms with Crippen LogP contribution in [0.1, 0.15) is 41.0 Å². The molecule has 2 fully saturated rings. The van der Waals surface area contributed by atoms with Crippen LogP contribution in [0.4, 0.5) is 0 Å². The summed E-state index contributed by atoms with van der Waals surface area (Å²) >= 11 is 1.39. The van der Waals surface area contributed by atoms with Gasteiger partial charge in [0.05, 0.1) is 27.7 Å². The SMILES string of the molecule is O=C(NC1CC1)c1ccc(-c2cc(=NC3CC3)n3ncc(=Cc4[nH]c(=O)[nH]c4O)c3n2)s1. The fourth-order valence-electron chi connectivity index (χ4n) is 3.40. The van der Waals surface area contributed by atoms with Crippen molar-refractivity contribution in [3.05, 3.63) is 56.2 Å². The molecule has 0 spiro atoms. The summed E-state index contributed by atoms with van der Waals surface area (Å²) in [5.41, 5.74) is 1.65. The van der Waals surface area contributed by atoms with Gasteiger partial charge in [-0.2, -0.15) is 9.61 Å². The van der Waals surface area contributed by atoms with Crippen LogP contribution in [0.2, 0.25) is 0 Å². The van der Waals surface area contributed by atoms with Crippen molar-refractivity contribution in [2.75, 3.05) is 0 Å². The molecule has 2 saturated carbocycles. The number of hydrogen-bond donors (Lipinski definition) is 4. The zero-order valence-electron chi connectivity index (χ0n) is 16.8. The third kappa shape index (κ3) is 3.60. The van der Waals surface area contributed by atoms with Gasteiger partial charge in [0.25, 0.3) is 5.91 Å². The number of aromatic hydroxyl groups is 1. The number of aromatic amines is 2. The maximum absolute atomic E-state index is 12.4. The zero-order chi connectivity index (χ0) is 21.8. The number of hydrogen-bond acceptors (Lipinski definition) is 7. The van der Waals surface area contributed by atoms with Crippen LogP contribution >= 0.6 is 11.3 Å². The molecule has 0 aliphatic heterocycles. The molecule has 4 aromatic heterocycles. The molecule has 6 rings (SSSR count). The molecule has 1 amide bonds. The summed E-state index contributed by atoms with van der Waals surface area (Å²) in [5, 5.41) is 18.0. The first kappa shape index (κ1) is 19.0. The Kier molecular flexibility index (Phi) is 4.25. The van der Waals surface area contributed by atoms with E-state index in [9.17, 15) is 14.7 Å². The van der Waals surface area contributed by atoms with Crippen LogP contribution < -0.4 is 21.7 Å². The number of imidazole rings is 1. The number of H-pyrrole nitrogens is 2. The highest BCUT2D eigenvalue weighted by Crippen LogP contribution is 2.28. The molecule has 0 radical (unpaired) electrons. The van der Waals surface area contributed by atoms with Crippen LogP contribution in [0.25, 0.3) is 22.3 Å². The van der Waals surface area contributed by atoms with Gasteiger partial charge in [-0.1, -0.05) is 0 Å². The van der Waals surface area contributed by atoms with Crippen LogP contribution in [0.5, 0.6) is 5.88 Å². The van der Waals surface area contributed by atoms with Gasteiger partial charge in [0.2, 0.25) is 5.88 Å². The van der Waals surface area contributed by atoms with Gasteiger partial charge < -0.3 is 15.4 Å². The molecular formula is C21H19N7O3S. The predicted molar refractivity (Wildman–Crippen MR) is 117 cm³/mol. The Morgan fingerprint density at radius 3 is 2.84 bits per heavy atom. The number of aromatic nitrogens is 5. The largest absolute Gasteiger partial charge is 0.493 e. The van der Waals surface area contributed by atoms with Gasteiger partial charge in [0.1, 0.15) is 5.69 Å². The van der Waals surface area contributed by atoms with Gasteiger partial charge in [-0.25, -0.2) is 9.78 Å². The molecule has 4 N–H and O–H groups in total. The quantitative estimate of drug-likeness (QED) is 0.355.